The van der Waals surface area contributed by atoms with Gasteiger partial charge in [0.05, 0.1) is 6.10 Å². The first kappa shape index (κ1) is 19.0. The molecule has 0 radical (unpaired) electrons. The van der Waals surface area contributed by atoms with Gasteiger partial charge in [-0.3, -0.25) is 0 Å². The van der Waals surface area contributed by atoms with Crippen LogP contribution in [0.15, 0.2) is 0 Å². The molecule has 1 rings (SSSR count). The van der Waals surface area contributed by atoms with Gasteiger partial charge in [-0.25, -0.2) is 0 Å². The summed E-state index contributed by atoms with van der Waals surface area (Å²) in [5.41, 5.74) is 0. The molecule has 1 saturated heterocycles. The molecule has 1 aliphatic heterocycles. The Morgan fingerprint density at radius 2 is 1.38 bits per heavy atom. The van der Waals surface area contributed by atoms with Crippen LogP contribution in [0.5, 0.6) is 0 Å². The van der Waals surface area contributed by atoms with Gasteiger partial charge in [-0.15, -0.1) is 0 Å². The first-order valence-electron chi connectivity index (χ1n) is 9.52. The van der Waals surface area contributed by atoms with Gasteiger partial charge in [0.15, 0.2) is 0 Å². The fraction of sp³-hybridized carbons (Fsp3) is 1.00. The summed E-state index contributed by atoms with van der Waals surface area (Å²) >= 11 is 0. The fourth-order valence-electron chi connectivity index (χ4n) is 3.49. The van der Waals surface area contributed by atoms with Crippen molar-refractivity contribution in [1.29, 1.82) is 0 Å². The maximum atomic E-state index is 9.40. The molecule has 1 N–H and O–H groups in total. The number of hydrogen-bond donors (Lipinski definition) is 1. The lowest BCUT2D eigenvalue weighted by molar-refractivity contribution is 0.0637. The van der Waals surface area contributed by atoms with Crippen molar-refractivity contribution in [3.63, 3.8) is 0 Å². The Labute approximate surface area is 132 Å². The maximum absolute atomic E-state index is 9.40. The van der Waals surface area contributed by atoms with Gasteiger partial charge in [0, 0.05) is 19.1 Å². The predicted molar refractivity (Wildman–Crippen MR) is 90.6 cm³/mol. The molecule has 0 aromatic rings. The summed E-state index contributed by atoms with van der Waals surface area (Å²) in [4.78, 5) is 0. The van der Waals surface area contributed by atoms with Gasteiger partial charge < -0.3 is 9.84 Å². The van der Waals surface area contributed by atoms with E-state index in [1.54, 1.807) is 0 Å². The number of aliphatic hydroxyl groups excluding tert-OH is 1. The second-order valence-corrected chi connectivity index (χ2v) is 7.02. The summed E-state index contributed by atoms with van der Waals surface area (Å²) in [5.74, 6) is 0.917. The summed E-state index contributed by atoms with van der Waals surface area (Å²) in [5, 5.41) is 9.40. The van der Waals surface area contributed by atoms with E-state index in [4.69, 9.17) is 4.74 Å². The Hall–Kier alpha value is -0.0800. The molecule has 1 aliphatic rings. The molecule has 126 valence electrons. The lowest BCUT2D eigenvalue weighted by atomic mass is 9.90. The minimum Gasteiger partial charge on any atom is -0.396 e. The van der Waals surface area contributed by atoms with E-state index in [2.05, 4.69) is 13.8 Å². The first-order valence-corrected chi connectivity index (χ1v) is 9.52. The van der Waals surface area contributed by atoms with Crippen LogP contribution < -0.4 is 0 Å². The molecule has 3 atom stereocenters. The Morgan fingerprint density at radius 1 is 0.857 bits per heavy atom. The van der Waals surface area contributed by atoms with Crippen LogP contribution in [-0.4, -0.2) is 24.4 Å². The molecule has 1 unspecified atom stereocenters. The summed E-state index contributed by atoms with van der Waals surface area (Å²) in [6.45, 7) is 5.61. The van der Waals surface area contributed by atoms with Crippen molar-refractivity contribution in [2.45, 2.75) is 97.0 Å². The minimum atomic E-state index is 0.296. The second kappa shape index (κ2) is 12.5. The summed E-state index contributed by atoms with van der Waals surface area (Å²) in [7, 11) is 0. The van der Waals surface area contributed by atoms with Crippen molar-refractivity contribution in [3.8, 4) is 0 Å². The largest absolute Gasteiger partial charge is 0.396 e. The molecule has 0 aromatic heterocycles. The molecule has 0 saturated carbocycles. The zero-order chi connectivity index (χ0) is 15.3. The van der Waals surface area contributed by atoms with Gasteiger partial charge in [0.2, 0.25) is 0 Å². The van der Waals surface area contributed by atoms with Crippen molar-refractivity contribution < 1.29 is 9.84 Å². The number of aliphatic hydroxyl groups is 1. The topological polar surface area (TPSA) is 29.5 Å². The third kappa shape index (κ3) is 8.21. The number of rotatable bonds is 13. The number of hydrogen-bond acceptors (Lipinski definition) is 2. The molecule has 0 aliphatic carbocycles. The van der Waals surface area contributed by atoms with E-state index in [9.17, 15) is 5.11 Å². The Bertz CT molecular complexity index is 230. The molecule has 1 heterocycles. The average molecular weight is 299 g/mol. The quantitative estimate of drug-likeness (QED) is 0.466. The standard InChI is InChI=1S/C19H38O2/c1-3-4-5-6-7-8-9-10-11-12-13-14-19-18(15-20)17(2)16-21-19/h17-20H,3-16H2,1-2H3/t17?,18-,19+/m0/s1. The zero-order valence-corrected chi connectivity index (χ0v) is 14.5. The van der Waals surface area contributed by atoms with Crippen LogP contribution in [-0.2, 0) is 4.74 Å². The Balaban J connectivity index is 1.84. The fourth-order valence-corrected chi connectivity index (χ4v) is 3.49. The van der Waals surface area contributed by atoms with Gasteiger partial charge in [0.25, 0.3) is 0 Å². The predicted octanol–water partition coefficient (Wildman–Crippen LogP) is 5.33. The molecule has 2 heteroatoms. The molecule has 21 heavy (non-hydrogen) atoms. The highest BCUT2D eigenvalue weighted by molar-refractivity contribution is 4.80. The molecule has 0 amide bonds. The van der Waals surface area contributed by atoms with Crippen LogP contribution in [0.1, 0.15) is 90.9 Å². The van der Waals surface area contributed by atoms with Crippen molar-refractivity contribution in [3.05, 3.63) is 0 Å². The highest BCUT2D eigenvalue weighted by Crippen LogP contribution is 2.29. The summed E-state index contributed by atoms with van der Waals surface area (Å²) < 4.78 is 5.80. The van der Waals surface area contributed by atoms with E-state index in [0.717, 1.165) is 13.0 Å². The van der Waals surface area contributed by atoms with Crippen molar-refractivity contribution >= 4 is 0 Å². The van der Waals surface area contributed by atoms with E-state index in [0.29, 0.717) is 24.5 Å². The molecule has 2 nitrogen and oxygen atoms in total. The molecular formula is C19H38O2. The van der Waals surface area contributed by atoms with Gasteiger partial charge in [-0.1, -0.05) is 84.5 Å². The highest BCUT2D eigenvalue weighted by Gasteiger charge is 2.33. The van der Waals surface area contributed by atoms with Crippen LogP contribution in [0.25, 0.3) is 0 Å². The molecular weight excluding hydrogens is 260 g/mol. The summed E-state index contributed by atoms with van der Waals surface area (Å²) in [6.07, 6.45) is 16.8. The van der Waals surface area contributed by atoms with E-state index < -0.39 is 0 Å². The van der Waals surface area contributed by atoms with Crippen molar-refractivity contribution in [2.24, 2.45) is 11.8 Å². The van der Waals surface area contributed by atoms with E-state index in [1.807, 2.05) is 0 Å². The van der Waals surface area contributed by atoms with Crippen LogP contribution in [0.4, 0.5) is 0 Å². The Morgan fingerprint density at radius 3 is 1.90 bits per heavy atom. The zero-order valence-electron chi connectivity index (χ0n) is 14.5. The van der Waals surface area contributed by atoms with Crippen molar-refractivity contribution in [1.82, 2.24) is 0 Å². The maximum Gasteiger partial charge on any atom is 0.0628 e. The molecule has 1 fully saturated rings. The van der Waals surface area contributed by atoms with E-state index >= 15 is 0 Å². The number of ether oxygens (including phenoxy) is 1. The lowest BCUT2D eigenvalue weighted by Gasteiger charge is -2.18. The van der Waals surface area contributed by atoms with Gasteiger partial charge in [-0.2, -0.15) is 0 Å². The normalized spacial score (nSPS) is 25.6. The monoisotopic (exact) mass is 298 g/mol. The van der Waals surface area contributed by atoms with Crippen LogP contribution in [0.3, 0.4) is 0 Å². The van der Waals surface area contributed by atoms with Crippen LogP contribution in [0, 0.1) is 11.8 Å². The first-order chi connectivity index (χ1) is 10.3. The van der Waals surface area contributed by atoms with Gasteiger partial charge >= 0.3 is 0 Å². The van der Waals surface area contributed by atoms with E-state index in [-0.39, 0.29) is 0 Å². The highest BCUT2D eigenvalue weighted by atomic mass is 16.5. The third-order valence-corrected chi connectivity index (χ3v) is 5.08. The SMILES string of the molecule is CCCCCCCCCCCCC[C@H]1OCC(C)[C@@H]1CO. The minimum absolute atomic E-state index is 0.296. The average Bonchev–Trinajstić information content (AvgIpc) is 2.85. The van der Waals surface area contributed by atoms with Crippen molar-refractivity contribution in [2.75, 3.05) is 13.2 Å². The third-order valence-electron chi connectivity index (χ3n) is 5.08. The second-order valence-electron chi connectivity index (χ2n) is 7.02. The lowest BCUT2D eigenvalue weighted by Crippen LogP contribution is -2.22. The molecule has 0 spiro atoms. The van der Waals surface area contributed by atoms with Crippen LogP contribution >= 0.6 is 0 Å². The Kier molecular flexibility index (Phi) is 11.3. The smallest absolute Gasteiger partial charge is 0.0628 e. The van der Waals surface area contributed by atoms with Gasteiger partial charge in [0.1, 0.15) is 0 Å². The molecule has 0 bridgehead atoms. The summed E-state index contributed by atoms with van der Waals surface area (Å²) in [6, 6.07) is 0. The van der Waals surface area contributed by atoms with E-state index in [1.165, 1.54) is 70.6 Å². The number of unbranched alkanes of at least 4 members (excludes halogenated alkanes) is 10. The van der Waals surface area contributed by atoms with Crippen LogP contribution in [0.2, 0.25) is 0 Å². The molecule has 0 aromatic carbocycles. The van der Waals surface area contributed by atoms with Gasteiger partial charge in [-0.05, 0) is 12.3 Å².